The minimum Gasteiger partial charge on any atom is -0.351 e. The van der Waals surface area contributed by atoms with Gasteiger partial charge in [0.25, 0.3) is 5.91 Å². The van der Waals surface area contributed by atoms with Crippen LogP contribution < -0.4 is 5.32 Å². The maximum absolute atomic E-state index is 12.8. The lowest BCUT2D eigenvalue weighted by atomic mass is 9.95. The normalized spacial score (nSPS) is 18.7. The summed E-state index contributed by atoms with van der Waals surface area (Å²) < 4.78 is 0. The molecule has 2 N–H and O–H groups in total. The monoisotopic (exact) mass is 384 g/mol. The van der Waals surface area contributed by atoms with Crippen molar-refractivity contribution in [1.29, 1.82) is 0 Å². The van der Waals surface area contributed by atoms with Crippen LogP contribution in [0.4, 0.5) is 0 Å². The highest BCUT2D eigenvalue weighted by atomic mass is 35.5. The van der Waals surface area contributed by atoms with Crippen molar-refractivity contribution in [3.63, 3.8) is 0 Å². The quantitative estimate of drug-likeness (QED) is 0.593. The van der Waals surface area contributed by atoms with Crippen LogP contribution in [-0.4, -0.2) is 22.0 Å². The summed E-state index contributed by atoms with van der Waals surface area (Å²) in [6, 6.07) is 15.1. The number of aromatic amines is 1. The Balaban J connectivity index is 1.58. The molecule has 1 aliphatic rings. The Morgan fingerprint density at radius 2 is 2.00 bits per heavy atom. The highest BCUT2D eigenvalue weighted by Crippen LogP contribution is 2.36. The van der Waals surface area contributed by atoms with Crippen molar-refractivity contribution < 1.29 is 9.59 Å². The number of amides is 1. The Kier molecular flexibility index (Phi) is 4.51. The molecule has 132 valence electrons. The molecule has 0 bridgehead atoms. The van der Waals surface area contributed by atoms with Gasteiger partial charge in [0.2, 0.25) is 0 Å². The predicted octanol–water partition coefficient (Wildman–Crippen LogP) is 4.11. The number of thiol groups is 1. The molecule has 4 nitrogen and oxygen atoms in total. The number of H-pyrrole nitrogens is 1. The Hall–Kier alpha value is -2.24. The fourth-order valence-electron chi connectivity index (χ4n) is 3.74. The molecule has 1 aromatic heterocycles. The molecule has 0 aliphatic heterocycles. The predicted molar refractivity (Wildman–Crippen MR) is 106 cm³/mol. The largest absolute Gasteiger partial charge is 0.351 e. The van der Waals surface area contributed by atoms with E-state index in [4.69, 9.17) is 11.6 Å². The lowest BCUT2D eigenvalue weighted by Crippen LogP contribution is -2.38. The summed E-state index contributed by atoms with van der Waals surface area (Å²) in [7, 11) is 0. The topological polar surface area (TPSA) is 62.0 Å². The molecule has 3 aromatic rings. The maximum Gasteiger partial charge on any atom is 0.267 e. The number of rotatable bonds is 4. The van der Waals surface area contributed by atoms with E-state index in [1.165, 1.54) is 5.56 Å². The molecule has 0 unspecified atom stereocenters. The van der Waals surface area contributed by atoms with Crippen molar-refractivity contribution in [3.05, 3.63) is 70.4 Å². The van der Waals surface area contributed by atoms with Crippen LogP contribution in [0.25, 0.3) is 10.9 Å². The first-order chi connectivity index (χ1) is 12.5. The number of carbonyl (C=O) groups excluding carboxylic acids is 2. The fraction of sp³-hybridized carbons (Fsp3) is 0.200. The minimum absolute atomic E-state index is 0.0565. The van der Waals surface area contributed by atoms with Gasteiger partial charge in [0.05, 0.1) is 0 Å². The number of hydrogen-bond donors (Lipinski definition) is 3. The molecule has 0 radical (unpaired) electrons. The number of hydrogen-bond acceptors (Lipinski definition) is 2. The summed E-state index contributed by atoms with van der Waals surface area (Å²) in [5.41, 5.74) is 3.62. The summed E-state index contributed by atoms with van der Waals surface area (Å²) in [6.07, 6.45) is 1.01. The van der Waals surface area contributed by atoms with E-state index < -0.39 is 0 Å². The fourth-order valence-corrected chi connectivity index (χ4v) is 4.12. The van der Waals surface area contributed by atoms with E-state index in [-0.39, 0.29) is 23.0 Å². The van der Waals surface area contributed by atoms with Crippen molar-refractivity contribution >= 4 is 46.2 Å². The van der Waals surface area contributed by atoms with Gasteiger partial charge in [-0.2, -0.15) is 0 Å². The van der Waals surface area contributed by atoms with Gasteiger partial charge >= 0.3 is 0 Å². The Bertz CT molecular complexity index is 1010. The standard InChI is InChI=1S/C20H17ClN2O2S/c21-13-5-6-16-12(7-13)9-18(22-16)20(25)23-17-8-11-3-1-2-4-14(11)15(17)10-19(24)26/h1-7,9,15,17,22H,8,10H2,(H,23,25)(H,24,26)/t15-,17-/m1/s1. The molecule has 4 rings (SSSR count). The van der Waals surface area contributed by atoms with Crippen LogP contribution in [0.2, 0.25) is 5.02 Å². The molecule has 26 heavy (non-hydrogen) atoms. The number of nitrogens with one attached hydrogen (secondary N) is 2. The summed E-state index contributed by atoms with van der Waals surface area (Å²) in [5, 5.41) is 4.42. The van der Waals surface area contributed by atoms with Crippen LogP contribution in [-0.2, 0) is 11.2 Å². The highest BCUT2D eigenvalue weighted by molar-refractivity contribution is 7.96. The SMILES string of the molecule is O=C(S)C[C@@H]1c2ccccc2C[C@H]1NC(=O)c1cc2cc(Cl)ccc2[nH]1. The second-order valence-corrected chi connectivity index (χ2v) is 7.54. The molecule has 0 spiro atoms. The van der Waals surface area contributed by atoms with Gasteiger partial charge in [-0.15, -0.1) is 12.6 Å². The molecule has 1 heterocycles. The van der Waals surface area contributed by atoms with Crippen molar-refractivity contribution in [2.45, 2.75) is 24.8 Å². The second-order valence-electron chi connectivity index (χ2n) is 6.60. The lowest BCUT2D eigenvalue weighted by Gasteiger charge is -2.20. The first-order valence-electron chi connectivity index (χ1n) is 8.40. The van der Waals surface area contributed by atoms with E-state index in [1.54, 1.807) is 12.1 Å². The molecule has 1 amide bonds. The first kappa shape index (κ1) is 17.2. The number of aromatic nitrogens is 1. The Morgan fingerprint density at radius 3 is 2.81 bits per heavy atom. The molecule has 2 atom stereocenters. The molecule has 6 heteroatoms. The van der Waals surface area contributed by atoms with Crippen molar-refractivity contribution in [3.8, 4) is 0 Å². The van der Waals surface area contributed by atoms with Crippen molar-refractivity contribution in [2.75, 3.05) is 0 Å². The summed E-state index contributed by atoms with van der Waals surface area (Å²) in [4.78, 5) is 27.5. The van der Waals surface area contributed by atoms with Gasteiger partial charge in [0, 0.05) is 34.3 Å². The zero-order chi connectivity index (χ0) is 18.3. The zero-order valence-corrected chi connectivity index (χ0v) is 15.5. The van der Waals surface area contributed by atoms with Gasteiger partial charge in [-0.1, -0.05) is 35.9 Å². The van der Waals surface area contributed by atoms with E-state index in [1.807, 2.05) is 36.4 Å². The van der Waals surface area contributed by atoms with Gasteiger partial charge in [-0.05, 0) is 41.8 Å². The van der Waals surface area contributed by atoms with E-state index in [0.717, 1.165) is 16.5 Å². The number of carbonyl (C=O) groups is 2. The molecule has 0 fully saturated rings. The third-order valence-electron chi connectivity index (χ3n) is 4.92. The van der Waals surface area contributed by atoms with E-state index in [9.17, 15) is 9.59 Å². The first-order valence-corrected chi connectivity index (χ1v) is 9.22. The van der Waals surface area contributed by atoms with Crippen LogP contribution in [0.3, 0.4) is 0 Å². The summed E-state index contributed by atoms with van der Waals surface area (Å²) in [5.74, 6) is -0.245. The van der Waals surface area contributed by atoms with Crippen LogP contribution >= 0.6 is 24.2 Å². The Labute approximate surface area is 161 Å². The van der Waals surface area contributed by atoms with Crippen LogP contribution in [0.1, 0.15) is 34.0 Å². The molecular formula is C20H17ClN2O2S. The number of fused-ring (bicyclic) bond motifs is 2. The highest BCUT2D eigenvalue weighted by Gasteiger charge is 2.34. The molecule has 2 aromatic carbocycles. The van der Waals surface area contributed by atoms with E-state index in [2.05, 4.69) is 22.9 Å². The van der Waals surface area contributed by atoms with Gasteiger partial charge < -0.3 is 10.3 Å². The Morgan fingerprint density at radius 1 is 1.19 bits per heavy atom. The van der Waals surface area contributed by atoms with Crippen molar-refractivity contribution in [2.24, 2.45) is 0 Å². The smallest absolute Gasteiger partial charge is 0.267 e. The third-order valence-corrected chi connectivity index (χ3v) is 5.34. The van der Waals surface area contributed by atoms with Gasteiger partial charge in [-0.25, -0.2) is 0 Å². The molecule has 1 aliphatic carbocycles. The van der Waals surface area contributed by atoms with Crippen LogP contribution in [0.15, 0.2) is 48.5 Å². The summed E-state index contributed by atoms with van der Waals surface area (Å²) >= 11 is 9.95. The van der Waals surface area contributed by atoms with E-state index >= 15 is 0 Å². The average molecular weight is 385 g/mol. The lowest BCUT2D eigenvalue weighted by molar-refractivity contribution is -0.111. The molecule has 0 saturated carbocycles. The summed E-state index contributed by atoms with van der Waals surface area (Å²) in [6.45, 7) is 0. The van der Waals surface area contributed by atoms with Crippen LogP contribution in [0, 0.1) is 0 Å². The number of halogens is 1. The van der Waals surface area contributed by atoms with Gasteiger partial charge in [0.15, 0.2) is 5.12 Å². The van der Waals surface area contributed by atoms with E-state index in [0.29, 0.717) is 23.6 Å². The molecular weight excluding hydrogens is 368 g/mol. The average Bonchev–Trinajstić information content (AvgIpc) is 3.16. The van der Waals surface area contributed by atoms with Gasteiger partial charge in [0.1, 0.15) is 5.69 Å². The molecule has 0 saturated heterocycles. The number of benzene rings is 2. The van der Waals surface area contributed by atoms with Crippen molar-refractivity contribution in [1.82, 2.24) is 10.3 Å². The second kappa shape index (κ2) is 6.82. The maximum atomic E-state index is 12.8. The van der Waals surface area contributed by atoms with Gasteiger partial charge in [-0.3, -0.25) is 9.59 Å². The minimum atomic E-state index is -0.188. The zero-order valence-electron chi connectivity index (χ0n) is 13.8. The van der Waals surface area contributed by atoms with Crippen LogP contribution in [0.5, 0.6) is 0 Å². The third kappa shape index (κ3) is 3.24.